The first-order chi connectivity index (χ1) is 29.5. The van der Waals surface area contributed by atoms with Crippen molar-refractivity contribution in [3.8, 4) is 0 Å². The first-order valence-corrected chi connectivity index (χ1v) is 24.6. The second-order valence-corrected chi connectivity index (χ2v) is 17.2. The molecule has 350 valence electrons. The molecule has 1 rings (SSSR count). The number of carbonyl (C=O) groups excluding carboxylic acids is 2. The lowest BCUT2D eigenvalue weighted by atomic mass is 10.00. The SMILES string of the molecule is CCCC/C=C/C/C=C/CCCCCCCC(=O)O[C@H](COC(=O)CCCCC/C=C/C/C=C/C/C=C/C/C=C/CCCCC)CO[C@H]1O[C@H](CS(=O)(=O)O)[C@@H](O)C(O)C1O. The van der Waals surface area contributed by atoms with E-state index < -0.39 is 71.2 Å². The summed E-state index contributed by atoms with van der Waals surface area (Å²) >= 11 is 0. The van der Waals surface area contributed by atoms with Crippen LogP contribution in [0.15, 0.2) is 72.9 Å². The molecule has 2 unspecified atom stereocenters. The molecule has 1 aliphatic rings. The summed E-state index contributed by atoms with van der Waals surface area (Å²) in [5, 5.41) is 30.9. The van der Waals surface area contributed by atoms with Gasteiger partial charge >= 0.3 is 11.9 Å². The number of unbranched alkanes of at least 4 members (excludes halogenated alkanes) is 13. The van der Waals surface area contributed by atoms with Crippen LogP contribution >= 0.6 is 0 Å². The summed E-state index contributed by atoms with van der Waals surface area (Å²) in [4.78, 5) is 25.4. The van der Waals surface area contributed by atoms with Gasteiger partial charge in [-0.2, -0.15) is 8.42 Å². The number of aliphatic hydroxyl groups is 3. The molecule has 1 heterocycles. The van der Waals surface area contributed by atoms with Gasteiger partial charge in [0.2, 0.25) is 0 Å². The highest BCUT2D eigenvalue weighted by molar-refractivity contribution is 7.85. The van der Waals surface area contributed by atoms with E-state index in [1.807, 2.05) is 0 Å². The molecule has 1 aliphatic heterocycles. The fourth-order valence-electron chi connectivity index (χ4n) is 6.38. The number of rotatable bonds is 37. The Bertz CT molecular complexity index is 1400. The Morgan fingerprint density at radius 2 is 1.00 bits per heavy atom. The molecule has 1 saturated heterocycles. The Balaban J connectivity index is 2.48. The predicted octanol–water partition coefficient (Wildman–Crippen LogP) is 9.50. The summed E-state index contributed by atoms with van der Waals surface area (Å²) in [6.45, 7) is 3.64. The summed E-state index contributed by atoms with van der Waals surface area (Å²) in [5.74, 6) is -2.05. The molecule has 1 fully saturated rings. The molecule has 0 spiro atoms. The summed E-state index contributed by atoms with van der Waals surface area (Å²) in [6, 6.07) is 0. The Morgan fingerprint density at radius 3 is 1.52 bits per heavy atom. The van der Waals surface area contributed by atoms with E-state index in [4.69, 9.17) is 18.9 Å². The van der Waals surface area contributed by atoms with Crippen molar-refractivity contribution in [3.05, 3.63) is 72.9 Å². The van der Waals surface area contributed by atoms with Gasteiger partial charge in [-0.1, -0.05) is 138 Å². The average Bonchev–Trinajstić information content (AvgIpc) is 3.22. The Labute approximate surface area is 368 Å². The molecule has 6 atom stereocenters. The van der Waals surface area contributed by atoms with E-state index in [0.717, 1.165) is 89.9 Å². The van der Waals surface area contributed by atoms with Gasteiger partial charge < -0.3 is 34.3 Å². The van der Waals surface area contributed by atoms with E-state index in [0.29, 0.717) is 12.8 Å². The van der Waals surface area contributed by atoms with Gasteiger partial charge in [0.25, 0.3) is 10.1 Å². The highest BCUT2D eigenvalue weighted by atomic mass is 32.2. The number of allylic oxidation sites excluding steroid dienone is 12. The smallest absolute Gasteiger partial charge is 0.306 e. The molecule has 4 N–H and O–H groups in total. The highest BCUT2D eigenvalue weighted by Crippen LogP contribution is 2.24. The number of hydrogen-bond acceptors (Lipinski definition) is 11. The monoisotopic (exact) mass is 881 g/mol. The minimum absolute atomic E-state index is 0.137. The average molecular weight is 881 g/mol. The maximum absolute atomic E-state index is 12.8. The second-order valence-electron chi connectivity index (χ2n) is 15.7. The van der Waals surface area contributed by atoms with Crippen molar-refractivity contribution in [2.45, 2.75) is 198 Å². The predicted molar refractivity (Wildman–Crippen MR) is 242 cm³/mol. The fraction of sp³-hybridized carbons (Fsp3) is 0.708. The Hall–Kier alpha value is -2.91. The largest absolute Gasteiger partial charge is 0.462 e. The molecule has 12 nitrogen and oxygen atoms in total. The maximum Gasteiger partial charge on any atom is 0.306 e. The minimum atomic E-state index is -4.61. The molecule has 0 aromatic carbocycles. The highest BCUT2D eigenvalue weighted by Gasteiger charge is 2.46. The van der Waals surface area contributed by atoms with Crippen molar-refractivity contribution in [1.29, 1.82) is 0 Å². The van der Waals surface area contributed by atoms with E-state index >= 15 is 0 Å². The molecule has 0 saturated carbocycles. The van der Waals surface area contributed by atoms with Gasteiger partial charge in [0.15, 0.2) is 12.4 Å². The Morgan fingerprint density at radius 1 is 0.557 bits per heavy atom. The van der Waals surface area contributed by atoms with Crippen LogP contribution in [0.4, 0.5) is 0 Å². The Kier molecular flexibility index (Phi) is 34.6. The normalized spacial score (nSPS) is 20.7. The zero-order chi connectivity index (χ0) is 44.8. The lowest BCUT2D eigenvalue weighted by Gasteiger charge is -2.40. The standard InChI is InChI=1S/C48H80O12S/c1-3-5-7-9-11-13-15-17-19-20-21-22-23-25-26-28-30-32-34-36-43(49)57-38-41(39-58-48-47(53)46(52)45(51)42(60-48)40-61(54,55)56)59-44(50)37-35-33-31-29-27-24-18-16-14-12-10-8-6-4-2/h10-13,16-19,21-22,25-26,41-42,45-48,51-53H,3-9,14-15,20,23-24,27-40H2,1-2H3,(H,54,55,56)/b12-10+,13-11+,18-16+,19-17+,22-21+,26-25+/t41-,42-,45-,46?,47?,48+/m1/s1. The molecule has 0 bridgehead atoms. The van der Waals surface area contributed by atoms with Gasteiger partial charge in [-0.25, -0.2) is 0 Å². The van der Waals surface area contributed by atoms with Gasteiger partial charge in [-0.15, -0.1) is 0 Å². The van der Waals surface area contributed by atoms with Crippen LogP contribution < -0.4 is 0 Å². The topological polar surface area (TPSA) is 186 Å². The van der Waals surface area contributed by atoms with Crippen molar-refractivity contribution in [3.63, 3.8) is 0 Å². The zero-order valence-electron chi connectivity index (χ0n) is 37.2. The molecule has 0 aromatic heterocycles. The van der Waals surface area contributed by atoms with Crippen molar-refractivity contribution in [2.75, 3.05) is 19.0 Å². The summed E-state index contributed by atoms with van der Waals surface area (Å²) in [5.41, 5.74) is 0. The van der Waals surface area contributed by atoms with E-state index in [1.54, 1.807) is 0 Å². The molecular formula is C48H80O12S. The third-order valence-corrected chi connectivity index (χ3v) is 10.8. The number of ether oxygens (including phenoxy) is 4. The third-order valence-electron chi connectivity index (χ3n) is 10.0. The lowest BCUT2D eigenvalue weighted by Crippen LogP contribution is -2.60. The van der Waals surface area contributed by atoms with Crippen LogP contribution in [-0.4, -0.2) is 96.0 Å². The number of hydrogen-bond donors (Lipinski definition) is 4. The third kappa shape index (κ3) is 32.4. The minimum Gasteiger partial charge on any atom is -0.462 e. The number of aliphatic hydroxyl groups excluding tert-OH is 3. The first-order valence-electron chi connectivity index (χ1n) is 23.0. The van der Waals surface area contributed by atoms with Crippen molar-refractivity contribution in [2.24, 2.45) is 0 Å². The van der Waals surface area contributed by atoms with Crippen LogP contribution in [0.3, 0.4) is 0 Å². The van der Waals surface area contributed by atoms with Gasteiger partial charge in [0.05, 0.1) is 6.61 Å². The number of carbonyl (C=O) groups is 2. The van der Waals surface area contributed by atoms with Gasteiger partial charge in [0, 0.05) is 12.8 Å². The molecule has 0 radical (unpaired) electrons. The van der Waals surface area contributed by atoms with Crippen LogP contribution in [0.2, 0.25) is 0 Å². The van der Waals surface area contributed by atoms with E-state index in [1.165, 1.54) is 32.1 Å². The van der Waals surface area contributed by atoms with Crippen molar-refractivity contribution >= 4 is 22.1 Å². The fourth-order valence-corrected chi connectivity index (χ4v) is 7.07. The zero-order valence-corrected chi connectivity index (χ0v) is 38.1. The summed E-state index contributed by atoms with van der Waals surface area (Å²) < 4.78 is 54.0. The van der Waals surface area contributed by atoms with Crippen LogP contribution in [0, 0.1) is 0 Å². The van der Waals surface area contributed by atoms with E-state index in [2.05, 4.69) is 86.8 Å². The van der Waals surface area contributed by atoms with E-state index in [9.17, 15) is 37.9 Å². The van der Waals surface area contributed by atoms with E-state index in [-0.39, 0.29) is 19.4 Å². The molecule has 0 aliphatic carbocycles. The lowest BCUT2D eigenvalue weighted by molar-refractivity contribution is -0.297. The molecule has 0 aromatic rings. The number of esters is 2. The van der Waals surface area contributed by atoms with Crippen LogP contribution in [0.5, 0.6) is 0 Å². The second kappa shape index (κ2) is 37.6. The molecule has 61 heavy (non-hydrogen) atoms. The van der Waals surface area contributed by atoms with Crippen molar-refractivity contribution < 1.29 is 56.8 Å². The maximum atomic E-state index is 12.8. The van der Waals surface area contributed by atoms with Crippen LogP contribution in [-0.2, 0) is 38.7 Å². The molecule has 13 heteroatoms. The first kappa shape index (κ1) is 56.1. The quantitative estimate of drug-likeness (QED) is 0.0201. The van der Waals surface area contributed by atoms with Gasteiger partial charge in [-0.05, 0) is 83.5 Å². The van der Waals surface area contributed by atoms with Crippen LogP contribution in [0.1, 0.15) is 162 Å². The molecular weight excluding hydrogens is 801 g/mol. The summed E-state index contributed by atoms with van der Waals surface area (Å²) in [6.07, 6.45) is 38.0. The summed E-state index contributed by atoms with van der Waals surface area (Å²) in [7, 11) is -4.61. The van der Waals surface area contributed by atoms with Crippen molar-refractivity contribution in [1.82, 2.24) is 0 Å². The van der Waals surface area contributed by atoms with Crippen LogP contribution in [0.25, 0.3) is 0 Å². The molecule has 0 amide bonds. The van der Waals surface area contributed by atoms with Gasteiger partial charge in [0.1, 0.15) is 36.8 Å². The van der Waals surface area contributed by atoms with Gasteiger partial charge in [-0.3, -0.25) is 14.1 Å².